The molecule has 3 rings (SSSR count). The molecule has 28 heavy (non-hydrogen) atoms. The molecule has 0 N–H and O–H groups in total. The van der Waals surface area contributed by atoms with E-state index in [1.165, 1.54) is 11.3 Å². The molecule has 1 fully saturated rings. The fraction of sp³-hybridized carbons (Fsp3) is 0.476. The van der Waals surface area contributed by atoms with E-state index < -0.39 is 0 Å². The van der Waals surface area contributed by atoms with Gasteiger partial charge in [0.1, 0.15) is 12.4 Å². The molecule has 0 aliphatic carbocycles. The minimum Gasteiger partial charge on any atom is -0.487 e. The molecule has 0 saturated carbocycles. The predicted molar refractivity (Wildman–Crippen MR) is 109 cm³/mol. The number of piperidine rings is 1. The van der Waals surface area contributed by atoms with Crippen molar-refractivity contribution in [2.75, 3.05) is 26.2 Å². The summed E-state index contributed by atoms with van der Waals surface area (Å²) in [4.78, 5) is 33.3. The molecule has 0 atom stereocenters. The fourth-order valence-electron chi connectivity index (χ4n) is 3.49. The maximum absolute atomic E-state index is 12.9. The first-order chi connectivity index (χ1) is 13.6. The number of likely N-dealkylation sites (tertiary alicyclic amines) is 1. The lowest BCUT2D eigenvalue weighted by Gasteiger charge is -2.33. The van der Waals surface area contributed by atoms with E-state index >= 15 is 0 Å². The topological polar surface area (TPSA) is 62.7 Å². The van der Waals surface area contributed by atoms with Gasteiger partial charge in [-0.15, -0.1) is 11.3 Å². The van der Waals surface area contributed by atoms with Crippen molar-refractivity contribution in [3.8, 4) is 5.75 Å². The highest BCUT2D eigenvalue weighted by atomic mass is 32.1. The third-order valence-electron chi connectivity index (χ3n) is 5.16. The van der Waals surface area contributed by atoms with Crippen molar-refractivity contribution in [1.29, 1.82) is 0 Å². The molecule has 1 aliphatic rings. The van der Waals surface area contributed by atoms with Crippen molar-refractivity contribution in [2.45, 2.75) is 33.3 Å². The molecule has 0 spiro atoms. The van der Waals surface area contributed by atoms with Crippen LogP contribution in [-0.2, 0) is 11.4 Å². The molecule has 0 bridgehead atoms. The van der Waals surface area contributed by atoms with E-state index in [-0.39, 0.29) is 17.7 Å². The Labute approximate surface area is 170 Å². The molecule has 6 nitrogen and oxygen atoms in total. The number of hydrogen-bond donors (Lipinski definition) is 0. The second kappa shape index (κ2) is 9.68. The molecule has 7 heteroatoms. The number of ether oxygens (including phenoxy) is 1. The molecule has 1 aromatic carbocycles. The highest BCUT2D eigenvalue weighted by Crippen LogP contribution is 2.23. The Hall–Kier alpha value is -2.41. The number of rotatable bonds is 7. The third-order valence-corrected chi connectivity index (χ3v) is 5.79. The van der Waals surface area contributed by atoms with E-state index in [4.69, 9.17) is 4.74 Å². The molecule has 1 aliphatic heterocycles. The number of aromatic nitrogens is 1. The van der Waals surface area contributed by atoms with E-state index in [9.17, 15) is 9.59 Å². The molecule has 2 heterocycles. The van der Waals surface area contributed by atoms with Gasteiger partial charge >= 0.3 is 0 Å². The van der Waals surface area contributed by atoms with Crippen LogP contribution in [0.4, 0.5) is 0 Å². The van der Waals surface area contributed by atoms with Crippen LogP contribution in [0, 0.1) is 5.92 Å². The van der Waals surface area contributed by atoms with Gasteiger partial charge in [0, 0.05) is 43.0 Å². The Balaban J connectivity index is 1.56. The average molecular weight is 402 g/mol. The Kier molecular flexibility index (Phi) is 7.03. The second-order valence-electron chi connectivity index (χ2n) is 6.87. The predicted octanol–water partition coefficient (Wildman–Crippen LogP) is 3.44. The van der Waals surface area contributed by atoms with Gasteiger partial charge < -0.3 is 14.5 Å². The first kappa shape index (κ1) is 20.3. The zero-order valence-corrected chi connectivity index (χ0v) is 17.3. The zero-order chi connectivity index (χ0) is 19.9. The number of carbonyl (C=O) groups is 2. The molecule has 1 saturated heterocycles. The van der Waals surface area contributed by atoms with Gasteiger partial charge in [-0.1, -0.05) is 6.07 Å². The quantitative estimate of drug-likeness (QED) is 0.713. The van der Waals surface area contributed by atoms with Gasteiger partial charge in [-0.2, -0.15) is 0 Å². The Morgan fingerprint density at radius 1 is 1.25 bits per heavy atom. The summed E-state index contributed by atoms with van der Waals surface area (Å²) in [5.74, 6) is 0.893. The number of thiazole rings is 1. The molecule has 0 unspecified atom stereocenters. The van der Waals surface area contributed by atoms with Crippen molar-refractivity contribution in [2.24, 2.45) is 5.92 Å². The van der Waals surface area contributed by atoms with Crippen LogP contribution in [0.5, 0.6) is 5.75 Å². The largest absolute Gasteiger partial charge is 0.487 e. The van der Waals surface area contributed by atoms with E-state index in [1.807, 2.05) is 47.2 Å². The van der Waals surface area contributed by atoms with Crippen LogP contribution in [0.25, 0.3) is 0 Å². The first-order valence-electron chi connectivity index (χ1n) is 9.80. The summed E-state index contributed by atoms with van der Waals surface area (Å²) in [6, 6.07) is 7.27. The lowest BCUT2D eigenvalue weighted by atomic mass is 9.94. The van der Waals surface area contributed by atoms with Crippen molar-refractivity contribution < 1.29 is 14.3 Å². The number of hydrogen-bond acceptors (Lipinski definition) is 5. The van der Waals surface area contributed by atoms with Crippen molar-refractivity contribution in [3.05, 3.63) is 46.4 Å². The number of amides is 2. The SMILES string of the molecule is CCN(CC)C(=O)C1CCN(C(=O)c2cccc(OCc3cscn3)c2)CC1. The normalized spacial score (nSPS) is 14.7. The zero-order valence-electron chi connectivity index (χ0n) is 16.5. The third kappa shape index (κ3) is 4.90. The van der Waals surface area contributed by atoms with Crippen LogP contribution < -0.4 is 4.74 Å². The van der Waals surface area contributed by atoms with E-state index in [2.05, 4.69) is 4.98 Å². The van der Waals surface area contributed by atoms with Gasteiger partial charge in [0.05, 0.1) is 11.2 Å². The van der Waals surface area contributed by atoms with Crippen LogP contribution in [0.1, 0.15) is 42.7 Å². The van der Waals surface area contributed by atoms with Crippen LogP contribution in [-0.4, -0.2) is 52.8 Å². The lowest BCUT2D eigenvalue weighted by molar-refractivity contribution is -0.136. The summed E-state index contributed by atoms with van der Waals surface area (Å²) >= 11 is 1.53. The standard InChI is InChI=1S/C21H27N3O3S/c1-3-23(4-2)20(25)16-8-10-24(11-9-16)21(26)17-6-5-7-19(12-17)27-13-18-14-28-15-22-18/h5-7,12,14-16H,3-4,8-11,13H2,1-2H3. The van der Waals surface area contributed by atoms with Crippen molar-refractivity contribution in [1.82, 2.24) is 14.8 Å². The van der Waals surface area contributed by atoms with Crippen LogP contribution in [0.15, 0.2) is 35.2 Å². The van der Waals surface area contributed by atoms with Gasteiger partial charge in [0.15, 0.2) is 0 Å². The van der Waals surface area contributed by atoms with Gasteiger partial charge in [-0.05, 0) is 44.9 Å². The molecule has 0 radical (unpaired) electrons. The molecular formula is C21H27N3O3S. The smallest absolute Gasteiger partial charge is 0.253 e. The second-order valence-corrected chi connectivity index (χ2v) is 7.59. The Morgan fingerprint density at radius 2 is 2.00 bits per heavy atom. The van der Waals surface area contributed by atoms with Crippen LogP contribution >= 0.6 is 11.3 Å². The number of carbonyl (C=O) groups excluding carboxylic acids is 2. The summed E-state index contributed by atoms with van der Waals surface area (Å²) in [6.45, 7) is 7.10. The first-order valence-corrected chi connectivity index (χ1v) is 10.7. The summed E-state index contributed by atoms with van der Waals surface area (Å²) in [7, 11) is 0. The lowest BCUT2D eigenvalue weighted by Crippen LogP contribution is -2.44. The molecule has 2 aromatic rings. The summed E-state index contributed by atoms with van der Waals surface area (Å²) < 4.78 is 5.75. The van der Waals surface area contributed by atoms with E-state index in [1.54, 1.807) is 11.6 Å². The van der Waals surface area contributed by atoms with Gasteiger partial charge in [0.2, 0.25) is 5.91 Å². The highest BCUT2D eigenvalue weighted by Gasteiger charge is 2.29. The molecular weight excluding hydrogens is 374 g/mol. The minimum absolute atomic E-state index is 0.00662. The monoisotopic (exact) mass is 401 g/mol. The minimum atomic E-state index is -0.00662. The van der Waals surface area contributed by atoms with Gasteiger partial charge in [-0.3, -0.25) is 9.59 Å². The Bertz CT molecular complexity index is 782. The number of nitrogens with zero attached hydrogens (tertiary/aromatic N) is 3. The van der Waals surface area contributed by atoms with Crippen LogP contribution in [0.2, 0.25) is 0 Å². The van der Waals surface area contributed by atoms with Crippen molar-refractivity contribution >= 4 is 23.2 Å². The van der Waals surface area contributed by atoms with E-state index in [0.717, 1.165) is 31.6 Å². The Morgan fingerprint density at radius 3 is 2.64 bits per heavy atom. The van der Waals surface area contributed by atoms with Crippen molar-refractivity contribution in [3.63, 3.8) is 0 Å². The highest BCUT2D eigenvalue weighted by molar-refractivity contribution is 7.07. The summed E-state index contributed by atoms with van der Waals surface area (Å²) in [6.07, 6.45) is 1.45. The molecule has 150 valence electrons. The average Bonchev–Trinajstić information content (AvgIpc) is 3.26. The maximum Gasteiger partial charge on any atom is 0.253 e. The fourth-order valence-corrected chi connectivity index (χ4v) is 4.03. The van der Waals surface area contributed by atoms with Gasteiger partial charge in [0.25, 0.3) is 5.91 Å². The molecule has 1 aromatic heterocycles. The summed E-state index contributed by atoms with van der Waals surface area (Å²) in [5.41, 5.74) is 3.26. The number of benzene rings is 1. The maximum atomic E-state index is 12.9. The van der Waals surface area contributed by atoms with Gasteiger partial charge in [-0.25, -0.2) is 4.98 Å². The van der Waals surface area contributed by atoms with E-state index in [0.29, 0.717) is 31.0 Å². The van der Waals surface area contributed by atoms with Crippen LogP contribution in [0.3, 0.4) is 0 Å². The summed E-state index contributed by atoms with van der Waals surface area (Å²) in [5, 5.41) is 1.94. The molecule has 2 amide bonds.